The zero-order valence-corrected chi connectivity index (χ0v) is 11.4. The number of para-hydroxylation sites is 1. The van der Waals surface area contributed by atoms with Crippen molar-refractivity contribution in [1.82, 2.24) is 5.43 Å². The molecule has 0 aliphatic heterocycles. The molecule has 0 heterocycles. The van der Waals surface area contributed by atoms with E-state index in [1.54, 1.807) is 19.2 Å². The van der Waals surface area contributed by atoms with E-state index in [1.807, 2.05) is 24.3 Å². The van der Waals surface area contributed by atoms with Crippen molar-refractivity contribution in [2.45, 2.75) is 12.7 Å². The molecule has 0 fully saturated rings. The molecule has 2 aromatic carbocycles. The van der Waals surface area contributed by atoms with Gasteiger partial charge in [-0.25, -0.2) is 5.43 Å². The third kappa shape index (κ3) is 3.68. The number of ether oxygens (including phenoxy) is 2. The number of rotatable bonds is 6. The second-order valence-corrected chi connectivity index (χ2v) is 4.29. The number of nitrogens with one attached hydrogen (secondary N) is 1. The molecule has 0 aliphatic rings. The first-order chi connectivity index (χ1) is 10.2. The Bertz CT molecular complexity index is 576. The molecule has 2 rings (SSSR count). The van der Waals surface area contributed by atoms with E-state index in [4.69, 9.17) is 10.6 Å². The lowest BCUT2D eigenvalue weighted by molar-refractivity contribution is -0.0498. The average Bonchev–Trinajstić information content (AvgIpc) is 2.49. The van der Waals surface area contributed by atoms with Crippen molar-refractivity contribution >= 4 is 0 Å². The lowest BCUT2D eigenvalue weighted by atomic mass is 9.98. The molecule has 112 valence electrons. The predicted molar refractivity (Wildman–Crippen MR) is 75.2 cm³/mol. The van der Waals surface area contributed by atoms with E-state index in [2.05, 4.69) is 10.2 Å². The van der Waals surface area contributed by atoms with Gasteiger partial charge in [0.05, 0.1) is 13.2 Å². The molecule has 0 radical (unpaired) electrons. The number of methoxy groups -OCH3 is 1. The molecule has 4 nitrogen and oxygen atoms in total. The SMILES string of the molecule is COc1ccccc1C(NN)c1ccc(OC(F)F)cc1. The van der Waals surface area contributed by atoms with Gasteiger partial charge in [0.15, 0.2) is 0 Å². The zero-order valence-electron chi connectivity index (χ0n) is 11.4. The van der Waals surface area contributed by atoms with Crippen molar-refractivity contribution in [2.75, 3.05) is 7.11 Å². The summed E-state index contributed by atoms with van der Waals surface area (Å²) in [6, 6.07) is 13.4. The summed E-state index contributed by atoms with van der Waals surface area (Å²) < 4.78 is 33.9. The molecule has 0 spiro atoms. The second-order valence-electron chi connectivity index (χ2n) is 4.29. The molecule has 6 heteroatoms. The lowest BCUT2D eigenvalue weighted by Gasteiger charge is -2.19. The number of alkyl halides is 2. The van der Waals surface area contributed by atoms with Gasteiger partial charge in [-0.05, 0) is 23.8 Å². The Hall–Kier alpha value is -2.18. The fourth-order valence-corrected chi connectivity index (χ4v) is 2.11. The summed E-state index contributed by atoms with van der Waals surface area (Å²) in [5, 5.41) is 0. The highest BCUT2D eigenvalue weighted by molar-refractivity contribution is 5.42. The first-order valence-electron chi connectivity index (χ1n) is 6.29. The van der Waals surface area contributed by atoms with Gasteiger partial charge >= 0.3 is 6.61 Å². The Morgan fingerprint density at radius 1 is 1.05 bits per heavy atom. The van der Waals surface area contributed by atoms with Gasteiger partial charge in [0.25, 0.3) is 0 Å². The van der Waals surface area contributed by atoms with Crippen LogP contribution in [0.25, 0.3) is 0 Å². The Balaban J connectivity index is 2.29. The number of hydrogen-bond donors (Lipinski definition) is 2. The summed E-state index contributed by atoms with van der Waals surface area (Å²) >= 11 is 0. The van der Waals surface area contributed by atoms with Crippen molar-refractivity contribution in [2.24, 2.45) is 5.84 Å². The van der Waals surface area contributed by atoms with Gasteiger partial charge in [0.2, 0.25) is 0 Å². The van der Waals surface area contributed by atoms with E-state index < -0.39 is 6.61 Å². The third-order valence-electron chi connectivity index (χ3n) is 3.06. The molecule has 21 heavy (non-hydrogen) atoms. The molecule has 1 unspecified atom stereocenters. The molecule has 1 atom stereocenters. The molecule has 0 aliphatic carbocycles. The van der Waals surface area contributed by atoms with Crippen LogP contribution in [0.4, 0.5) is 8.78 Å². The number of hydrazine groups is 1. The Kier molecular flexibility index (Phi) is 5.08. The maximum absolute atomic E-state index is 12.1. The van der Waals surface area contributed by atoms with Crippen LogP contribution in [0.5, 0.6) is 11.5 Å². The predicted octanol–water partition coefficient (Wildman–Crippen LogP) is 2.85. The standard InChI is InChI=1S/C15H16F2N2O2/c1-20-13-5-3-2-4-12(13)14(19-18)10-6-8-11(9-7-10)21-15(16)17/h2-9,14-15,19H,18H2,1H3. The second kappa shape index (κ2) is 7.01. The fraction of sp³-hybridized carbons (Fsp3) is 0.200. The van der Waals surface area contributed by atoms with Crippen LogP contribution in [0.3, 0.4) is 0 Å². The summed E-state index contributed by atoms with van der Waals surface area (Å²) in [5.41, 5.74) is 4.36. The molecule has 0 bridgehead atoms. The number of benzene rings is 2. The van der Waals surface area contributed by atoms with Crippen molar-refractivity contribution in [3.63, 3.8) is 0 Å². The van der Waals surface area contributed by atoms with E-state index in [0.717, 1.165) is 11.1 Å². The maximum atomic E-state index is 12.1. The van der Waals surface area contributed by atoms with E-state index in [9.17, 15) is 8.78 Å². The number of halogens is 2. The van der Waals surface area contributed by atoms with E-state index >= 15 is 0 Å². The minimum absolute atomic E-state index is 0.101. The third-order valence-corrected chi connectivity index (χ3v) is 3.06. The highest BCUT2D eigenvalue weighted by Crippen LogP contribution is 2.30. The van der Waals surface area contributed by atoms with E-state index in [-0.39, 0.29) is 11.8 Å². The first kappa shape index (κ1) is 15.2. The Labute approximate surface area is 121 Å². The largest absolute Gasteiger partial charge is 0.496 e. The highest BCUT2D eigenvalue weighted by Gasteiger charge is 2.16. The molecule has 0 saturated carbocycles. The Morgan fingerprint density at radius 3 is 2.29 bits per heavy atom. The van der Waals surface area contributed by atoms with Gasteiger partial charge < -0.3 is 9.47 Å². The molecule has 0 saturated heterocycles. The van der Waals surface area contributed by atoms with Crippen LogP contribution in [0.1, 0.15) is 17.2 Å². The molecular weight excluding hydrogens is 278 g/mol. The normalized spacial score (nSPS) is 12.2. The minimum atomic E-state index is -2.84. The van der Waals surface area contributed by atoms with Gasteiger partial charge in [0.1, 0.15) is 11.5 Å². The van der Waals surface area contributed by atoms with Crippen LogP contribution in [-0.4, -0.2) is 13.7 Å². The molecule has 0 amide bonds. The quantitative estimate of drug-likeness (QED) is 0.635. The maximum Gasteiger partial charge on any atom is 0.387 e. The Morgan fingerprint density at radius 2 is 1.71 bits per heavy atom. The summed E-state index contributed by atoms with van der Waals surface area (Å²) in [4.78, 5) is 0. The molecule has 3 N–H and O–H groups in total. The molecule has 2 aromatic rings. The van der Waals surface area contributed by atoms with E-state index in [1.165, 1.54) is 12.1 Å². The van der Waals surface area contributed by atoms with Crippen LogP contribution in [0.2, 0.25) is 0 Å². The fourth-order valence-electron chi connectivity index (χ4n) is 2.11. The van der Waals surface area contributed by atoms with Crippen LogP contribution < -0.4 is 20.7 Å². The molecule has 0 aromatic heterocycles. The molecular formula is C15H16F2N2O2. The van der Waals surface area contributed by atoms with Crippen LogP contribution in [0.15, 0.2) is 48.5 Å². The van der Waals surface area contributed by atoms with E-state index in [0.29, 0.717) is 5.75 Å². The van der Waals surface area contributed by atoms with Crippen molar-refractivity contribution < 1.29 is 18.3 Å². The smallest absolute Gasteiger partial charge is 0.387 e. The van der Waals surface area contributed by atoms with Gasteiger partial charge in [-0.3, -0.25) is 5.84 Å². The minimum Gasteiger partial charge on any atom is -0.496 e. The number of nitrogens with two attached hydrogens (primary N) is 1. The zero-order chi connectivity index (χ0) is 15.2. The lowest BCUT2D eigenvalue weighted by Crippen LogP contribution is -2.29. The van der Waals surface area contributed by atoms with Crippen molar-refractivity contribution in [3.8, 4) is 11.5 Å². The van der Waals surface area contributed by atoms with Crippen LogP contribution in [-0.2, 0) is 0 Å². The highest BCUT2D eigenvalue weighted by atomic mass is 19.3. The van der Waals surface area contributed by atoms with Gasteiger partial charge in [0, 0.05) is 5.56 Å². The first-order valence-corrected chi connectivity index (χ1v) is 6.29. The van der Waals surface area contributed by atoms with Crippen molar-refractivity contribution in [1.29, 1.82) is 0 Å². The summed E-state index contributed by atoms with van der Waals surface area (Å²) in [6.45, 7) is -2.84. The van der Waals surface area contributed by atoms with Gasteiger partial charge in [-0.15, -0.1) is 0 Å². The summed E-state index contributed by atoms with van der Waals surface area (Å²) in [7, 11) is 1.58. The average molecular weight is 294 g/mol. The van der Waals surface area contributed by atoms with Crippen LogP contribution in [0, 0.1) is 0 Å². The van der Waals surface area contributed by atoms with Crippen LogP contribution >= 0.6 is 0 Å². The van der Waals surface area contributed by atoms with Gasteiger partial charge in [-0.1, -0.05) is 30.3 Å². The van der Waals surface area contributed by atoms with Gasteiger partial charge in [-0.2, -0.15) is 8.78 Å². The summed E-state index contributed by atoms with van der Waals surface area (Å²) in [5.74, 6) is 6.41. The topological polar surface area (TPSA) is 56.5 Å². The monoisotopic (exact) mass is 294 g/mol. The summed E-state index contributed by atoms with van der Waals surface area (Å²) in [6.07, 6.45) is 0. The van der Waals surface area contributed by atoms with Crippen molar-refractivity contribution in [3.05, 3.63) is 59.7 Å². The number of hydrogen-bond acceptors (Lipinski definition) is 4.